The minimum Gasteiger partial charge on any atom is -0.396 e. The number of rotatable bonds is 4. The van der Waals surface area contributed by atoms with Crippen molar-refractivity contribution in [1.29, 1.82) is 0 Å². The Balaban J connectivity index is 2.58. The molecule has 80 valence electrons. The highest BCUT2D eigenvalue weighted by Gasteiger charge is 2.11. The predicted octanol–water partition coefficient (Wildman–Crippen LogP) is -0.0530. The first-order valence-corrected chi connectivity index (χ1v) is 4.66. The van der Waals surface area contributed by atoms with Gasteiger partial charge in [-0.3, -0.25) is 9.48 Å². The largest absolute Gasteiger partial charge is 0.396 e. The first kappa shape index (κ1) is 11.1. The minimum atomic E-state index is -0.0569. The van der Waals surface area contributed by atoms with E-state index in [1.54, 1.807) is 11.1 Å². The highest BCUT2D eigenvalue weighted by molar-refractivity contribution is 5.76. The lowest BCUT2D eigenvalue weighted by Gasteiger charge is -2.17. The normalized spacial score (nSPS) is 9.60. The summed E-state index contributed by atoms with van der Waals surface area (Å²) in [4.78, 5) is 13.3. The van der Waals surface area contributed by atoms with E-state index in [1.165, 1.54) is 10.9 Å². The molecule has 5 heteroatoms. The van der Waals surface area contributed by atoms with Crippen molar-refractivity contribution >= 4 is 11.6 Å². The molecule has 1 heterocycles. The number of anilines is 1. The SMILES string of the molecule is C#CCN(CC)C(=O)Cn1cc(N)cn1. The molecule has 0 radical (unpaired) electrons. The first-order chi connectivity index (χ1) is 7.17. The van der Waals surface area contributed by atoms with Crippen molar-refractivity contribution in [3.05, 3.63) is 12.4 Å². The van der Waals surface area contributed by atoms with Crippen molar-refractivity contribution in [3.63, 3.8) is 0 Å². The molecule has 0 atom stereocenters. The van der Waals surface area contributed by atoms with E-state index >= 15 is 0 Å². The molecule has 0 saturated heterocycles. The average molecular weight is 206 g/mol. The monoisotopic (exact) mass is 206 g/mol. The summed E-state index contributed by atoms with van der Waals surface area (Å²) in [6, 6.07) is 0. The zero-order chi connectivity index (χ0) is 11.3. The van der Waals surface area contributed by atoms with E-state index in [4.69, 9.17) is 12.2 Å². The van der Waals surface area contributed by atoms with Crippen molar-refractivity contribution in [3.8, 4) is 12.3 Å². The second-order valence-corrected chi connectivity index (χ2v) is 3.08. The van der Waals surface area contributed by atoms with Crippen molar-refractivity contribution < 1.29 is 4.79 Å². The summed E-state index contributed by atoms with van der Waals surface area (Å²) in [7, 11) is 0. The van der Waals surface area contributed by atoms with Gasteiger partial charge in [0.1, 0.15) is 6.54 Å². The van der Waals surface area contributed by atoms with Crippen molar-refractivity contribution in [2.24, 2.45) is 0 Å². The topological polar surface area (TPSA) is 64.2 Å². The molecule has 5 nitrogen and oxygen atoms in total. The van der Waals surface area contributed by atoms with Crippen LogP contribution in [-0.2, 0) is 11.3 Å². The Morgan fingerprint density at radius 3 is 3.00 bits per heavy atom. The summed E-state index contributed by atoms with van der Waals surface area (Å²) in [5, 5.41) is 3.93. The van der Waals surface area contributed by atoms with E-state index in [0.29, 0.717) is 18.8 Å². The van der Waals surface area contributed by atoms with Gasteiger partial charge in [0.2, 0.25) is 5.91 Å². The molecule has 15 heavy (non-hydrogen) atoms. The molecule has 1 aromatic rings. The molecule has 0 fully saturated rings. The third-order valence-corrected chi connectivity index (χ3v) is 1.97. The molecular weight excluding hydrogens is 192 g/mol. The van der Waals surface area contributed by atoms with Crippen LogP contribution in [0.4, 0.5) is 5.69 Å². The second-order valence-electron chi connectivity index (χ2n) is 3.08. The van der Waals surface area contributed by atoms with Crippen LogP contribution in [0.2, 0.25) is 0 Å². The fourth-order valence-electron chi connectivity index (χ4n) is 1.19. The van der Waals surface area contributed by atoms with Crippen LogP contribution in [0.15, 0.2) is 12.4 Å². The van der Waals surface area contributed by atoms with Gasteiger partial charge in [0, 0.05) is 12.7 Å². The fraction of sp³-hybridized carbons (Fsp3) is 0.400. The summed E-state index contributed by atoms with van der Waals surface area (Å²) < 4.78 is 1.50. The van der Waals surface area contributed by atoms with Crippen LogP contribution in [0.1, 0.15) is 6.92 Å². The van der Waals surface area contributed by atoms with Gasteiger partial charge in [0.15, 0.2) is 0 Å². The Morgan fingerprint density at radius 2 is 2.53 bits per heavy atom. The van der Waals surface area contributed by atoms with E-state index < -0.39 is 0 Å². The Morgan fingerprint density at radius 1 is 1.80 bits per heavy atom. The number of nitrogen functional groups attached to an aromatic ring is 1. The summed E-state index contributed by atoms with van der Waals surface area (Å²) in [6.07, 6.45) is 8.27. The third kappa shape index (κ3) is 3.02. The number of carbonyl (C=O) groups excluding carboxylic acids is 1. The lowest BCUT2D eigenvalue weighted by Crippen LogP contribution is -2.34. The van der Waals surface area contributed by atoms with Gasteiger partial charge in [-0.15, -0.1) is 6.42 Å². The average Bonchev–Trinajstić information content (AvgIpc) is 2.60. The fourth-order valence-corrected chi connectivity index (χ4v) is 1.19. The maximum Gasteiger partial charge on any atom is 0.245 e. The van der Waals surface area contributed by atoms with E-state index in [9.17, 15) is 4.79 Å². The maximum absolute atomic E-state index is 11.7. The molecule has 0 aliphatic heterocycles. The van der Waals surface area contributed by atoms with E-state index in [-0.39, 0.29) is 12.5 Å². The van der Waals surface area contributed by atoms with Crippen LogP contribution in [0, 0.1) is 12.3 Å². The maximum atomic E-state index is 11.7. The molecule has 1 rings (SSSR count). The molecule has 0 spiro atoms. The minimum absolute atomic E-state index is 0.0569. The molecule has 1 amide bonds. The Bertz CT molecular complexity index is 377. The van der Waals surface area contributed by atoms with Gasteiger partial charge in [-0.1, -0.05) is 5.92 Å². The van der Waals surface area contributed by atoms with Gasteiger partial charge in [-0.05, 0) is 6.92 Å². The van der Waals surface area contributed by atoms with E-state index in [1.807, 2.05) is 6.92 Å². The number of nitrogens with two attached hydrogens (primary N) is 1. The first-order valence-electron chi connectivity index (χ1n) is 4.66. The number of terminal acetylenes is 1. The summed E-state index contributed by atoms with van der Waals surface area (Å²) >= 11 is 0. The lowest BCUT2D eigenvalue weighted by molar-refractivity contribution is -0.131. The lowest BCUT2D eigenvalue weighted by atomic mass is 10.4. The van der Waals surface area contributed by atoms with Crippen LogP contribution >= 0.6 is 0 Å². The van der Waals surface area contributed by atoms with Crippen LogP contribution < -0.4 is 5.73 Å². The van der Waals surface area contributed by atoms with Crippen LogP contribution in [0.3, 0.4) is 0 Å². The number of carbonyl (C=O) groups is 1. The number of amides is 1. The van der Waals surface area contributed by atoms with Crippen LogP contribution in [0.5, 0.6) is 0 Å². The Kier molecular flexibility index (Phi) is 3.75. The summed E-state index contributed by atoms with van der Waals surface area (Å²) in [5.41, 5.74) is 6.03. The van der Waals surface area contributed by atoms with Crippen molar-refractivity contribution in [1.82, 2.24) is 14.7 Å². The molecule has 0 saturated carbocycles. The van der Waals surface area contributed by atoms with Gasteiger partial charge < -0.3 is 10.6 Å². The molecule has 0 aromatic carbocycles. The zero-order valence-electron chi connectivity index (χ0n) is 8.68. The summed E-state index contributed by atoms with van der Waals surface area (Å²) in [5.74, 6) is 2.38. The molecule has 0 aliphatic carbocycles. The number of nitrogens with zero attached hydrogens (tertiary/aromatic N) is 3. The van der Waals surface area contributed by atoms with Crippen molar-refractivity contribution in [2.45, 2.75) is 13.5 Å². The zero-order valence-corrected chi connectivity index (χ0v) is 8.68. The number of hydrogen-bond acceptors (Lipinski definition) is 3. The van der Waals surface area contributed by atoms with Crippen LogP contribution in [-0.4, -0.2) is 33.7 Å². The number of likely N-dealkylation sites (N-methyl/N-ethyl adjacent to an activating group) is 1. The van der Waals surface area contributed by atoms with Crippen LogP contribution in [0.25, 0.3) is 0 Å². The standard InChI is InChI=1S/C10H14N4O/c1-3-5-13(4-2)10(15)8-14-7-9(11)6-12-14/h1,6-7H,4-5,8,11H2,2H3. The van der Waals surface area contributed by atoms with Gasteiger partial charge in [0.25, 0.3) is 0 Å². The van der Waals surface area contributed by atoms with Crippen molar-refractivity contribution in [2.75, 3.05) is 18.8 Å². The predicted molar refractivity (Wildman–Crippen MR) is 57.7 cm³/mol. The molecule has 0 unspecified atom stereocenters. The smallest absolute Gasteiger partial charge is 0.245 e. The van der Waals surface area contributed by atoms with Gasteiger partial charge in [0.05, 0.1) is 18.4 Å². The number of hydrogen-bond donors (Lipinski definition) is 1. The highest BCUT2D eigenvalue weighted by atomic mass is 16.2. The molecule has 2 N–H and O–H groups in total. The number of aromatic nitrogens is 2. The molecular formula is C10H14N4O. The van der Waals surface area contributed by atoms with Gasteiger partial charge in [-0.25, -0.2) is 0 Å². The highest BCUT2D eigenvalue weighted by Crippen LogP contribution is 1.99. The Labute approximate surface area is 88.9 Å². The molecule has 1 aromatic heterocycles. The van der Waals surface area contributed by atoms with Gasteiger partial charge >= 0.3 is 0 Å². The molecule has 0 bridgehead atoms. The second kappa shape index (κ2) is 5.05. The quantitative estimate of drug-likeness (QED) is 0.702. The Hall–Kier alpha value is -1.96. The third-order valence-electron chi connectivity index (χ3n) is 1.97. The summed E-state index contributed by atoms with van der Waals surface area (Å²) in [6.45, 7) is 2.98. The van der Waals surface area contributed by atoms with E-state index in [0.717, 1.165) is 0 Å². The van der Waals surface area contributed by atoms with Gasteiger partial charge in [-0.2, -0.15) is 5.10 Å². The molecule has 0 aliphatic rings. The van der Waals surface area contributed by atoms with E-state index in [2.05, 4.69) is 11.0 Å².